The SMILES string of the molecule is O=C(Nc1cnn(Cc2cccc(F)c2)c1)C1CC1. The van der Waals surface area contributed by atoms with Crippen molar-refractivity contribution in [1.82, 2.24) is 9.78 Å². The highest BCUT2D eigenvalue weighted by molar-refractivity contribution is 5.93. The predicted molar refractivity (Wildman–Crippen MR) is 69.1 cm³/mol. The van der Waals surface area contributed by atoms with Gasteiger partial charge < -0.3 is 5.32 Å². The quantitative estimate of drug-likeness (QED) is 0.916. The monoisotopic (exact) mass is 259 g/mol. The van der Waals surface area contributed by atoms with Gasteiger partial charge in [0.15, 0.2) is 0 Å². The molecular formula is C14H14FN3O. The van der Waals surface area contributed by atoms with Crippen molar-refractivity contribution in [3.8, 4) is 0 Å². The third-order valence-electron chi connectivity index (χ3n) is 3.08. The first-order valence-electron chi connectivity index (χ1n) is 6.28. The maximum atomic E-state index is 13.1. The van der Waals surface area contributed by atoms with Crippen LogP contribution in [0, 0.1) is 11.7 Å². The molecule has 0 radical (unpaired) electrons. The lowest BCUT2D eigenvalue weighted by Crippen LogP contribution is -2.12. The van der Waals surface area contributed by atoms with E-state index < -0.39 is 0 Å². The molecule has 1 amide bonds. The lowest BCUT2D eigenvalue weighted by atomic mass is 10.2. The van der Waals surface area contributed by atoms with Crippen LogP contribution in [-0.2, 0) is 11.3 Å². The van der Waals surface area contributed by atoms with Gasteiger partial charge in [0.05, 0.1) is 18.4 Å². The third kappa shape index (κ3) is 2.99. The van der Waals surface area contributed by atoms with Gasteiger partial charge in [-0.25, -0.2) is 4.39 Å². The maximum absolute atomic E-state index is 13.1. The first-order chi connectivity index (χ1) is 9.20. The van der Waals surface area contributed by atoms with E-state index in [1.165, 1.54) is 12.1 Å². The number of anilines is 1. The molecule has 1 aromatic heterocycles. The minimum Gasteiger partial charge on any atom is -0.323 e. The van der Waals surface area contributed by atoms with Gasteiger partial charge in [-0.05, 0) is 30.5 Å². The number of amides is 1. The fourth-order valence-corrected chi connectivity index (χ4v) is 1.93. The molecule has 5 heteroatoms. The summed E-state index contributed by atoms with van der Waals surface area (Å²) in [7, 11) is 0. The molecule has 0 bridgehead atoms. The van der Waals surface area contributed by atoms with Crippen molar-refractivity contribution in [2.75, 3.05) is 5.32 Å². The number of nitrogens with one attached hydrogen (secondary N) is 1. The Kier molecular flexibility index (Phi) is 3.03. The minimum atomic E-state index is -0.257. The molecule has 1 aliphatic carbocycles. The largest absolute Gasteiger partial charge is 0.323 e. The summed E-state index contributed by atoms with van der Waals surface area (Å²) in [6.45, 7) is 0.483. The summed E-state index contributed by atoms with van der Waals surface area (Å²) in [5.41, 5.74) is 1.52. The molecule has 1 aliphatic rings. The van der Waals surface area contributed by atoms with Gasteiger partial charge >= 0.3 is 0 Å². The second-order valence-electron chi connectivity index (χ2n) is 4.82. The molecule has 2 aromatic rings. The van der Waals surface area contributed by atoms with Crippen LogP contribution >= 0.6 is 0 Å². The first-order valence-corrected chi connectivity index (χ1v) is 6.28. The Balaban J connectivity index is 1.65. The Bertz CT molecular complexity index is 604. The summed E-state index contributed by atoms with van der Waals surface area (Å²) < 4.78 is 14.7. The number of halogens is 1. The Morgan fingerprint density at radius 2 is 2.32 bits per heavy atom. The van der Waals surface area contributed by atoms with Crippen LogP contribution in [0.2, 0.25) is 0 Å². The molecule has 0 aliphatic heterocycles. The van der Waals surface area contributed by atoms with Crippen LogP contribution in [0.25, 0.3) is 0 Å². The normalized spacial score (nSPS) is 14.4. The summed E-state index contributed by atoms with van der Waals surface area (Å²) in [5.74, 6) is -0.0243. The lowest BCUT2D eigenvalue weighted by molar-refractivity contribution is -0.117. The van der Waals surface area contributed by atoms with Gasteiger partial charge in [0.25, 0.3) is 0 Å². The molecule has 1 heterocycles. The zero-order chi connectivity index (χ0) is 13.2. The van der Waals surface area contributed by atoms with Gasteiger partial charge in [-0.2, -0.15) is 5.10 Å². The Morgan fingerprint density at radius 1 is 1.47 bits per heavy atom. The number of aromatic nitrogens is 2. The molecule has 19 heavy (non-hydrogen) atoms. The van der Waals surface area contributed by atoms with E-state index >= 15 is 0 Å². The number of hydrogen-bond acceptors (Lipinski definition) is 2. The van der Waals surface area contributed by atoms with Crippen LogP contribution in [-0.4, -0.2) is 15.7 Å². The van der Waals surface area contributed by atoms with Gasteiger partial charge in [-0.3, -0.25) is 9.48 Å². The standard InChI is InChI=1S/C14H14FN3O/c15-12-3-1-2-10(6-12)8-18-9-13(7-16-18)17-14(19)11-4-5-11/h1-3,6-7,9,11H,4-5,8H2,(H,17,19). The second kappa shape index (κ2) is 4.84. The average molecular weight is 259 g/mol. The maximum Gasteiger partial charge on any atom is 0.227 e. The molecule has 0 unspecified atom stereocenters. The van der Waals surface area contributed by atoms with Crippen LogP contribution < -0.4 is 5.32 Å². The zero-order valence-electron chi connectivity index (χ0n) is 10.3. The first kappa shape index (κ1) is 11.9. The molecule has 0 spiro atoms. The van der Waals surface area contributed by atoms with Gasteiger partial charge in [0.2, 0.25) is 5.91 Å². The molecule has 1 aromatic carbocycles. The van der Waals surface area contributed by atoms with Crippen molar-refractivity contribution in [1.29, 1.82) is 0 Å². The van der Waals surface area contributed by atoms with Gasteiger partial charge in [-0.15, -0.1) is 0 Å². The Labute approximate surface area is 110 Å². The van der Waals surface area contributed by atoms with E-state index in [4.69, 9.17) is 0 Å². The van der Waals surface area contributed by atoms with Crippen molar-refractivity contribution < 1.29 is 9.18 Å². The molecule has 3 rings (SSSR count). The summed E-state index contributed by atoms with van der Waals surface area (Å²) >= 11 is 0. The van der Waals surface area contributed by atoms with Gasteiger partial charge in [-0.1, -0.05) is 12.1 Å². The van der Waals surface area contributed by atoms with Gasteiger partial charge in [0.1, 0.15) is 5.82 Å². The molecular weight excluding hydrogens is 245 g/mol. The highest BCUT2D eigenvalue weighted by atomic mass is 19.1. The van der Waals surface area contributed by atoms with Crippen LogP contribution in [0.4, 0.5) is 10.1 Å². The van der Waals surface area contributed by atoms with Crippen molar-refractivity contribution in [3.05, 3.63) is 48.0 Å². The fraction of sp³-hybridized carbons (Fsp3) is 0.286. The summed E-state index contributed by atoms with van der Waals surface area (Å²) in [6, 6.07) is 6.40. The van der Waals surface area contributed by atoms with E-state index in [2.05, 4.69) is 10.4 Å². The van der Waals surface area contributed by atoms with Crippen molar-refractivity contribution >= 4 is 11.6 Å². The summed E-state index contributed by atoms with van der Waals surface area (Å²) in [6.07, 6.45) is 5.32. The van der Waals surface area contributed by atoms with Gasteiger partial charge in [0, 0.05) is 12.1 Å². The van der Waals surface area contributed by atoms with Crippen LogP contribution in [0.1, 0.15) is 18.4 Å². The number of nitrogens with zero attached hydrogens (tertiary/aromatic N) is 2. The van der Waals surface area contributed by atoms with E-state index in [0.717, 1.165) is 18.4 Å². The van der Waals surface area contributed by atoms with E-state index in [-0.39, 0.29) is 17.6 Å². The number of hydrogen-bond donors (Lipinski definition) is 1. The lowest BCUT2D eigenvalue weighted by Gasteiger charge is -2.02. The number of benzene rings is 1. The second-order valence-corrected chi connectivity index (χ2v) is 4.82. The van der Waals surface area contributed by atoms with Crippen LogP contribution in [0.15, 0.2) is 36.7 Å². The van der Waals surface area contributed by atoms with E-state index in [1.807, 2.05) is 6.07 Å². The number of carbonyl (C=O) groups is 1. The van der Waals surface area contributed by atoms with Crippen molar-refractivity contribution in [2.24, 2.45) is 5.92 Å². The summed E-state index contributed by atoms with van der Waals surface area (Å²) in [5, 5.41) is 6.98. The highest BCUT2D eigenvalue weighted by Crippen LogP contribution is 2.30. The topological polar surface area (TPSA) is 46.9 Å². The van der Waals surface area contributed by atoms with Crippen molar-refractivity contribution in [3.63, 3.8) is 0 Å². The molecule has 1 N–H and O–H groups in total. The average Bonchev–Trinajstić information content (AvgIpc) is 3.13. The smallest absolute Gasteiger partial charge is 0.227 e. The number of carbonyl (C=O) groups excluding carboxylic acids is 1. The van der Waals surface area contributed by atoms with Crippen LogP contribution in [0.5, 0.6) is 0 Å². The number of rotatable bonds is 4. The summed E-state index contributed by atoms with van der Waals surface area (Å²) in [4.78, 5) is 11.6. The predicted octanol–water partition coefficient (Wildman–Crippen LogP) is 2.42. The molecule has 1 fully saturated rings. The van der Waals surface area contributed by atoms with E-state index in [9.17, 15) is 9.18 Å². The minimum absolute atomic E-state index is 0.0605. The molecule has 1 saturated carbocycles. The zero-order valence-corrected chi connectivity index (χ0v) is 10.3. The Morgan fingerprint density at radius 3 is 3.05 bits per heavy atom. The third-order valence-corrected chi connectivity index (χ3v) is 3.08. The van der Waals surface area contributed by atoms with E-state index in [0.29, 0.717) is 12.2 Å². The molecule has 4 nitrogen and oxygen atoms in total. The highest BCUT2D eigenvalue weighted by Gasteiger charge is 2.29. The van der Waals surface area contributed by atoms with Crippen molar-refractivity contribution in [2.45, 2.75) is 19.4 Å². The molecule has 0 atom stereocenters. The Hall–Kier alpha value is -2.17. The molecule has 98 valence electrons. The fourth-order valence-electron chi connectivity index (χ4n) is 1.93. The van der Waals surface area contributed by atoms with Crippen LogP contribution in [0.3, 0.4) is 0 Å². The van der Waals surface area contributed by atoms with E-state index in [1.54, 1.807) is 23.1 Å². The molecule has 0 saturated heterocycles.